The number of nitrogens with one attached hydrogen (secondary N) is 1. The molecule has 0 aliphatic heterocycles. The van der Waals surface area contributed by atoms with Crippen LogP contribution in [0.5, 0.6) is 0 Å². The zero-order valence-electron chi connectivity index (χ0n) is 8.83. The van der Waals surface area contributed by atoms with Gasteiger partial charge in [-0.1, -0.05) is 42.0 Å². The van der Waals surface area contributed by atoms with E-state index in [9.17, 15) is 4.39 Å². The summed E-state index contributed by atoms with van der Waals surface area (Å²) in [5, 5.41) is 0. The van der Waals surface area contributed by atoms with E-state index in [0.29, 0.717) is 12.1 Å². The third-order valence-electron chi connectivity index (χ3n) is 2.37. The fourth-order valence-electron chi connectivity index (χ4n) is 1.46. The van der Waals surface area contributed by atoms with Gasteiger partial charge in [0, 0.05) is 6.42 Å². The summed E-state index contributed by atoms with van der Waals surface area (Å²) in [6, 6.07) is 7.96. The molecule has 1 aromatic heterocycles. The average Bonchev–Trinajstić information content (AvgIpc) is 2.28. The van der Waals surface area contributed by atoms with Gasteiger partial charge in [0.15, 0.2) is 10.5 Å². The summed E-state index contributed by atoms with van der Waals surface area (Å²) in [6.07, 6.45) is 1.92. The molecule has 1 heterocycles. The van der Waals surface area contributed by atoms with Crippen LogP contribution in [-0.2, 0) is 6.42 Å². The molecule has 82 valence electrons. The molecule has 0 fully saturated rings. The molecular weight excluding hydrogens is 223 g/mol. The van der Waals surface area contributed by atoms with E-state index in [0.717, 1.165) is 5.56 Å². The molecule has 0 amide bonds. The molecular formula is C12H11FN2S. The van der Waals surface area contributed by atoms with Gasteiger partial charge in [0.1, 0.15) is 0 Å². The first-order valence-electron chi connectivity index (χ1n) is 4.94. The Bertz CT molecular complexity index is 546. The Hall–Kier alpha value is -1.55. The van der Waals surface area contributed by atoms with Crippen molar-refractivity contribution in [1.29, 1.82) is 0 Å². The number of H-pyrrole nitrogens is 1. The molecule has 16 heavy (non-hydrogen) atoms. The molecule has 2 nitrogen and oxygen atoms in total. The quantitative estimate of drug-likeness (QED) is 0.808. The second-order valence-electron chi connectivity index (χ2n) is 3.66. The highest BCUT2D eigenvalue weighted by atomic mass is 32.1. The van der Waals surface area contributed by atoms with Gasteiger partial charge in [-0.25, -0.2) is 9.37 Å². The maximum Gasteiger partial charge on any atom is 0.179 e. The van der Waals surface area contributed by atoms with Crippen LogP contribution in [0.1, 0.15) is 16.8 Å². The molecule has 0 aliphatic rings. The number of nitrogens with zero attached hydrogens (tertiary/aromatic N) is 1. The van der Waals surface area contributed by atoms with Crippen LogP contribution in [0.25, 0.3) is 0 Å². The average molecular weight is 234 g/mol. The first-order valence-corrected chi connectivity index (χ1v) is 5.35. The van der Waals surface area contributed by atoms with Crippen molar-refractivity contribution in [3.05, 3.63) is 57.9 Å². The largest absolute Gasteiger partial charge is 0.347 e. The predicted molar refractivity (Wildman–Crippen MR) is 63.4 cm³/mol. The van der Waals surface area contributed by atoms with Crippen molar-refractivity contribution in [2.75, 3.05) is 0 Å². The number of aromatic nitrogens is 2. The summed E-state index contributed by atoms with van der Waals surface area (Å²) in [4.78, 5) is 6.47. The van der Waals surface area contributed by atoms with E-state index in [1.807, 2.05) is 31.2 Å². The van der Waals surface area contributed by atoms with Gasteiger partial charge in [0.25, 0.3) is 0 Å². The molecule has 0 bridgehead atoms. The van der Waals surface area contributed by atoms with E-state index >= 15 is 0 Å². The SMILES string of the molecule is Cc1ccc(Cc2[nH]cnc(=S)c2F)cc1. The van der Waals surface area contributed by atoms with E-state index < -0.39 is 5.82 Å². The van der Waals surface area contributed by atoms with Gasteiger partial charge in [-0.3, -0.25) is 0 Å². The number of rotatable bonds is 2. The van der Waals surface area contributed by atoms with Crippen molar-refractivity contribution < 1.29 is 4.39 Å². The summed E-state index contributed by atoms with van der Waals surface area (Å²) in [7, 11) is 0. The molecule has 1 N–H and O–H groups in total. The molecule has 1 aromatic carbocycles. The second-order valence-corrected chi connectivity index (χ2v) is 4.05. The minimum Gasteiger partial charge on any atom is -0.347 e. The third-order valence-corrected chi connectivity index (χ3v) is 2.66. The monoisotopic (exact) mass is 234 g/mol. The Morgan fingerprint density at radius 1 is 1.31 bits per heavy atom. The van der Waals surface area contributed by atoms with Crippen LogP contribution < -0.4 is 0 Å². The molecule has 2 rings (SSSR count). The van der Waals surface area contributed by atoms with Crippen molar-refractivity contribution in [2.24, 2.45) is 0 Å². The zero-order valence-corrected chi connectivity index (χ0v) is 9.64. The highest BCUT2D eigenvalue weighted by Crippen LogP contribution is 2.11. The number of aryl methyl sites for hydroxylation is 1. The lowest BCUT2D eigenvalue weighted by Gasteiger charge is -2.03. The molecule has 2 aromatic rings. The lowest BCUT2D eigenvalue weighted by atomic mass is 10.1. The molecule has 0 radical (unpaired) electrons. The van der Waals surface area contributed by atoms with Crippen molar-refractivity contribution in [1.82, 2.24) is 9.97 Å². The number of hydrogen-bond acceptors (Lipinski definition) is 2. The maximum atomic E-state index is 13.6. The summed E-state index contributed by atoms with van der Waals surface area (Å²) in [6.45, 7) is 2.02. The fourth-order valence-corrected chi connectivity index (χ4v) is 1.63. The molecule has 4 heteroatoms. The number of benzene rings is 1. The number of hydrogen-bond donors (Lipinski definition) is 1. The van der Waals surface area contributed by atoms with Gasteiger partial charge in [-0.15, -0.1) is 0 Å². The van der Waals surface area contributed by atoms with Crippen LogP contribution in [0.2, 0.25) is 0 Å². The van der Waals surface area contributed by atoms with Crippen LogP contribution in [0.4, 0.5) is 4.39 Å². The van der Waals surface area contributed by atoms with Crippen molar-refractivity contribution in [3.8, 4) is 0 Å². The van der Waals surface area contributed by atoms with Gasteiger partial charge in [-0.2, -0.15) is 0 Å². The smallest absolute Gasteiger partial charge is 0.179 e. The van der Waals surface area contributed by atoms with Crippen molar-refractivity contribution in [3.63, 3.8) is 0 Å². The van der Waals surface area contributed by atoms with Crippen LogP contribution in [0.3, 0.4) is 0 Å². The minimum absolute atomic E-state index is 0.0147. The summed E-state index contributed by atoms with van der Waals surface area (Å²) >= 11 is 4.77. The minimum atomic E-state index is -0.432. The zero-order chi connectivity index (χ0) is 11.5. The third kappa shape index (κ3) is 2.33. The Labute approximate surface area is 98.2 Å². The summed E-state index contributed by atoms with van der Waals surface area (Å²) in [5.41, 5.74) is 2.71. The van der Waals surface area contributed by atoms with E-state index in [1.165, 1.54) is 11.9 Å². The lowest BCUT2D eigenvalue weighted by molar-refractivity contribution is 0.590. The molecule has 0 saturated heterocycles. The normalized spacial score (nSPS) is 10.4. The van der Waals surface area contributed by atoms with Gasteiger partial charge in [-0.05, 0) is 12.5 Å². The Balaban J connectivity index is 2.30. The molecule has 0 saturated carbocycles. The highest BCUT2D eigenvalue weighted by Gasteiger charge is 2.05. The standard InChI is InChI=1S/C12H11FN2S/c1-8-2-4-9(5-3-8)6-10-11(13)12(16)15-7-14-10/h2-5,7H,6H2,1H3,(H,14,15,16). The van der Waals surface area contributed by atoms with E-state index in [1.54, 1.807) is 0 Å². The second kappa shape index (κ2) is 4.53. The highest BCUT2D eigenvalue weighted by molar-refractivity contribution is 7.71. The topological polar surface area (TPSA) is 28.7 Å². The summed E-state index contributed by atoms with van der Waals surface area (Å²) in [5.74, 6) is -0.432. The van der Waals surface area contributed by atoms with Crippen LogP contribution in [0.15, 0.2) is 30.6 Å². The predicted octanol–water partition coefficient (Wildman–Crippen LogP) is 3.18. The van der Waals surface area contributed by atoms with E-state index in [-0.39, 0.29) is 4.64 Å². The molecule has 0 unspecified atom stereocenters. The Morgan fingerprint density at radius 3 is 2.69 bits per heavy atom. The van der Waals surface area contributed by atoms with E-state index in [2.05, 4.69) is 9.97 Å². The van der Waals surface area contributed by atoms with Gasteiger partial charge in [0.2, 0.25) is 0 Å². The van der Waals surface area contributed by atoms with Crippen molar-refractivity contribution >= 4 is 12.2 Å². The first kappa shape index (κ1) is 11.0. The fraction of sp³-hybridized carbons (Fsp3) is 0.167. The Morgan fingerprint density at radius 2 is 2.00 bits per heavy atom. The van der Waals surface area contributed by atoms with E-state index in [4.69, 9.17) is 12.2 Å². The van der Waals surface area contributed by atoms with Crippen molar-refractivity contribution in [2.45, 2.75) is 13.3 Å². The van der Waals surface area contributed by atoms with Crippen LogP contribution in [0, 0.1) is 17.4 Å². The lowest BCUT2D eigenvalue weighted by Crippen LogP contribution is -1.98. The Kier molecular flexibility index (Phi) is 3.10. The maximum absolute atomic E-state index is 13.6. The van der Waals surface area contributed by atoms with Crippen LogP contribution >= 0.6 is 12.2 Å². The summed E-state index contributed by atoms with van der Waals surface area (Å²) < 4.78 is 13.6. The number of halogens is 1. The number of aromatic amines is 1. The molecule has 0 atom stereocenters. The van der Waals surface area contributed by atoms with Gasteiger partial charge in [0.05, 0.1) is 12.0 Å². The van der Waals surface area contributed by atoms with Gasteiger partial charge < -0.3 is 4.98 Å². The molecule has 0 spiro atoms. The van der Waals surface area contributed by atoms with Crippen LogP contribution in [-0.4, -0.2) is 9.97 Å². The first-order chi connectivity index (χ1) is 7.66. The molecule has 0 aliphatic carbocycles. The van der Waals surface area contributed by atoms with Gasteiger partial charge >= 0.3 is 0 Å².